The summed E-state index contributed by atoms with van der Waals surface area (Å²) in [6, 6.07) is 66.2. The maximum atomic E-state index is 2.42. The number of fused-ring (bicyclic) bond motifs is 7. The summed E-state index contributed by atoms with van der Waals surface area (Å²) in [5, 5.41) is 7.62. The van der Waals surface area contributed by atoms with Crippen LogP contribution in [0, 0.1) is 0 Å². The lowest BCUT2D eigenvalue weighted by atomic mass is 10.0. The molecule has 2 nitrogen and oxygen atoms in total. The van der Waals surface area contributed by atoms with Crippen molar-refractivity contribution in [3.05, 3.63) is 182 Å². The van der Waals surface area contributed by atoms with Crippen molar-refractivity contribution in [2.45, 2.75) is 0 Å². The van der Waals surface area contributed by atoms with Crippen LogP contribution in [0.25, 0.3) is 69.6 Å². The van der Waals surface area contributed by atoms with Crippen LogP contribution in [0.3, 0.4) is 0 Å². The molecule has 10 aromatic rings. The number of anilines is 3. The minimum atomic E-state index is 1.13. The fourth-order valence-corrected chi connectivity index (χ4v) is 8.58. The number of rotatable bonds is 5. The zero-order valence-electron chi connectivity index (χ0n) is 26.6. The van der Waals surface area contributed by atoms with Gasteiger partial charge in [0.15, 0.2) is 0 Å². The summed E-state index contributed by atoms with van der Waals surface area (Å²) in [5.74, 6) is 0. The third-order valence-corrected chi connectivity index (χ3v) is 10.9. The van der Waals surface area contributed by atoms with E-state index in [1.54, 1.807) is 0 Å². The lowest BCUT2D eigenvalue weighted by Gasteiger charge is -2.26. The van der Waals surface area contributed by atoms with Gasteiger partial charge in [0.2, 0.25) is 0 Å². The minimum absolute atomic E-state index is 1.13. The molecule has 2 heterocycles. The van der Waals surface area contributed by atoms with E-state index in [2.05, 4.69) is 191 Å². The molecule has 0 aliphatic heterocycles. The Morgan fingerprint density at radius 3 is 1.88 bits per heavy atom. The number of hydrogen-bond acceptors (Lipinski definition) is 2. The number of aromatic nitrogens is 1. The second kappa shape index (κ2) is 11.2. The van der Waals surface area contributed by atoms with Crippen LogP contribution in [0.4, 0.5) is 17.1 Å². The van der Waals surface area contributed by atoms with Crippen LogP contribution in [0.5, 0.6) is 0 Å². The van der Waals surface area contributed by atoms with Gasteiger partial charge in [0.05, 0.1) is 16.7 Å². The van der Waals surface area contributed by atoms with Crippen LogP contribution >= 0.6 is 11.3 Å². The molecule has 8 aromatic carbocycles. The number of hydrogen-bond donors (Lipinski definition) is 0. The first kappa shape index (κ1) is 27.9. The van der Waals surface area contributed by atoms with Gasteiger partial charge in [-0.15, -0.1) is 11.3 Å². The molecular weight excluding hydrogens is 613 g/mol. The van der Waals surface area contributed by atoms with Crippen LogP contribution < -0.4 is 4.90 Å². The molecule has 2 aromatic heterocycles. The summed E-state index contributed by atoms with van der Waals surface area (Å²) in [5.41, 5.74) is 9.45. The Labute approximate surface area is 288 Å². The molecule has 0 amide bonds. The molecule has 0 saturated carbocycles. The van der Waals surface area contributed by atoms with E-state index in [0.29, 0.717) is 0 Å². The molecule has 0 saturated heterocycles. The Balaban J connectivity index is 1.08. The summed E-state index contributed by atoms with van der Waals surface area (Å²) in [4.78, 5) is 2.36. The maximum absolute atomic E-state index is 2.42. The Hall–Kier alpha value is -6.16. The van der Waals surface area contributed by atoms with Gasteiger partial charge in [-0.05, 0) is 89.3 Å². The van der Waals surface area contributed by atoms with Crippen LogP contribution in [0.15, 0.2) is 182 Å². The van der Waals surface area contributed by atoms with Crippen LogP contribution in [0.2, 0.25) is 0 Å². The fraction of sp³-hybridized carbons (Fsp3) is 0. The standard InChI is InChI=1S/C46H30N2S/c1-2-13-34(14-3-1)47(36-26-28-46-41(30-36)39-17-7-9-20-45(39)49-46)35-24-21-31(22-25-35)33-23-27-44-40(29-33)38-16-6-8-18-43(38)48(44)42-19-10-12-32-11-4-5-15-37(32)42/h1-30H. The average Bonchev–Trinajstić information content (AvgIpc) is 3.70. The molecule has 3 heteroatoms. The Morgan fingerprint density at radius 2 is 1.00 bits per heavy atom. The molecule has 0 atom stereocenters. The monoisotopic (exact) mass is 642 g/mol. The first-order valence-corrected chi connectivity index (χ1v) is 17.5. The van der Waals surface area contributed by atoms with E-state index in [9.17, 15) is 0 Å². The number of benzene rings is 8. The van der Waals surface area contributed by atoms with Crippen LogP contribution in [-0.4, -0.2) is 4.57 Å². The summed E-state index contributed by atoms with van der Waals surface area (Å²) in [7, 11) is 0. The predicted molar refractivity (Wildman–Crippen MR) is 211 cm³/mol. The van der Waals surface area contributed by atoms with Crippen molar-refractivity contribution in [1.29, 1.82) is 0 Å². The number of para-hydroxylation sites is 2. The highest BCUT2D eigenvalue weighted by Gasteiger charge is 2.17. The molecule has 0 bridgehead atoms. The topological polar surface area (TPSA) is 8.17 Å². The second-order valence-electron chi connectivity index (χ2n) is 12.6. The van der Waals surface area contributed by atoms with Gasteiger partial charge in [-0.2, -0.15) is 0 Å². The average molecular weight is 643 g/mol. The zero-order chi connectivity index (χ0) is 32.3. The zero-order valence-corrected chi connectivity index (χ0v) is 27.4. The van der Waals surface area contributed by atoms with Crippen LogP contribution in [0.1, 0.15) is 0 Å². The van der Waals surface area contributed by atoms with E-state index < -0.39 is 0 Å². The van der Waals surface area contributed by atoms with E-state index in [-0.39, 0.29) is 0 Å². The van der Waals surface area contributed by atoms with Gasteiger partial charge >= 0.3 is 0 Å². The highest BCUT2D eigenvalue weighted by atomic mass is 32.1. The van der Waals surface area contributed by atoms with Gasteiger partial charge in [0.25, 0.3) is 0 Å². The molecule has 230 valence electrons. The first-order valence-electron chi connectivity index (χ1n) is 16.7. The van der Waals surface area contributed by atoms with Gasteiger partial charge in [0.1, 0.15) is 0 Å². The lowest BCUT2D eigenvalue weighted by Crippen LogP contribution is -2.09. The Bertz CT molecular complexity index is 2820. The van der Waals surface area contributed by atoms with Crippen LogP contribution in [-0.2, 0) is 0 Å². The van der Waals surface area contributed by atoms with Gasteiger partial charge in [-0.1, -0.05) is 109 Å². The highest BCUT2D eigenvalue weighted by molar-refractivity contribution is 7.25. The third kappa shape index (κ3) is 4.55. The van der Waals surface area contributed by atoms with E-state index >= 15 is 0 Å². The summed E-state index contributed by atoms with van der Waals surface area (Å²) < 4.78 is 5.05. The van der Waals surface area contributed by atoms with E-state index in [0.717, 1.165) is 17.1 Å². The van der Waals surface area contributed by atoms with Gasteiger partial charge in [-0.3, -0.25) is 0 Å². The quantitative estimate of drug-likeness (QED) is 0.181. The summed E-state index contributed by atoms with van der Waals surface area (Å²) >= 11 is 1.86. The van der Waals surface area contributed by atoms with Crippen molar-refractivity contribution in [3.8, 4) is 16.8 Å². The van der Waals surface area contributed by atoms with Gasteiger partial charge in [-0.25, -0.2) is 0 Å². The SMILES string of the molecule is c1ccc(N(c2ccc(-c3ccc4c(c3)c3ccccc3n4-c3cccc4ccccc34)cc2)c2ccc3sc4ccccc4c3c2)cc1. The number of thiophene rings is 1. The smallest absolute Gasteiger partial charge is 0.0541 e. The molecule has 0 spiro atoms. The van der Waals surface area contributed by atoms with Gasteiger partial charge < -0.3 is 9.47 Å². The molecule has 0 N–H and O–H groups in total. The molecule has 0 unspecified atom stereocenters. The molecule has 0 radical (unpaired) electrons. The molecule has 0 aliphatic carbocycles. The largest absolute Gasteiger partial charge is 0.310 e. The van der Waals surface area contributed by atoms with Crippen molar-refractivity contribution in [2.75, 3.05) is 4.90 Å². The highest BCUT2D eigenvalue weighted by Crippen LogP contribution is 2.42. The number of nitrogens with zero attached hydrogens (tertiary/aromatic N) is 2. The van der Waals surface area contributed by atoms with E-state index in [1.165, 1.54) is 69.6 Å². The van der Waals surface area contributed by atoms with Crippen molar-refractivity contribution in [2.24, 2.45) is 0 Å². The normalized spacial score (nSPS) is 11.7. The van der Waals surface area contributed by atoms with Crippen molar-refractivity contribution in [3.63, 3.8) is 0 Å². The van der Waals surface area contributed by atoms with E-state index in [4.69, 9.17) is 0 Å². The van der Waals surface area contributed by atoms with Crippen molar-refractivity contribution >= 4 is 81.1 Å². The Morgan fingerprint density at radius 1 is 0.367 bits per heavy atom. The summed E-state index contributed by atoms with van der Waals surface area (Å²) in [6.45, 7) is 0. The molecule has 0 fully saturated rings. The first-order chi connectivity index (χ1) is 24.3. The van der Waals surface area contributed by atoms with Crippen molar-refractivity contribution < 1.29 is 0 Å². The summed E-state index contributed by atoms with van der Waals surface area (Å²) in [6.07, 6.45) is 0. The predicted octanol–water partition coefficient (Wildman–Crippen LogP) is 13.4. The fourth-order valence-electron chi connectivity index (χ4n) is 7.50. The van der Waals surface area contributed by atoms with E-state index in [1.807, 2.05) is 11.3 Å². The maximum Gasteiger partial charge on any atom is 0.0541 e. The lowest BCUT2D eigenvalue weighted by molar-refractivity contribution is 1.20. The third-order valence-electron chi connectivity index (χ3n) is 9.77. The Kier molecular flexibility index (Phi) is 6.39. The second-order valence-corrected chi connectivity index (χ2v) is 13.7. The molecule has 0 aliphatic rings. The molecule has 10 rings (SSSR count). The molecular formula is C46H30N2S. The minimum Gasteiger partial charge on any atom is -0.310 e. The van der Waals surface area contributed by atoms with Crippen molar-refractivity contribution in [1.82, 2.24) is 4.57 Å². The van der Waals surface area contributed by atoms with Gasteiger partial charge in [0, 0.05) is 53.4 Å². The molecule has 49 heavy (non-hydrogen) atoms.